The molecule has 0 bridgehead atoms. The van der Waals surface area contributed by atoms with Crippen molar-refractivity contribution in [3.05, 3.63) is 29.8 Å². The molecule has 3 N–H and O–H groups in total. The fourth-order valence-electron chi connectivity index (χ4n) is 3.30. The van der Waals surface area contributed by atoms with Gasteiger partial charge in [-0.25, -0.2) is 10.9 Å². The molecule has 120 valence electrons. The number of hydrogen-bond donors (Lipinski definition) is 3. The van der Waals surface area contributed by atoms with Crippen LogP contribution in [0, 0.1) is 0 Å². The van der Waals surface area contributed by atoms with Crippen molar-refractivity contribution in [2.75, 3.05) is 27.2 Å². The number of nitrogens with one attached hydrogen (secondary N) is 2. The molecule has 2 saturated heterocycles. The molecule has 2 fully saturated rings. The third kappa shape index (κ3) is 3.09. The molecule has 1 amide bonds. The summed E-state index contributed by atoms with van der Waals surface area (Å²) in [5, 5.41) is 9.35. The third-order valence-corrected chi connectivity index (χ3v) is 4.76. The zero-order chi connectivity index (χ0) is 15.7. The molecule has 3 unspecified atom stereocenters. The number of carbonyl (C=O) groups excluding carboxylic acids is 1. The highest BCUT2D eigenvalue weighted by Crippen LogP contribution is 2.25. The number of aromatic hydroxyl groups is 1. The van der Waals surface area contributed by atoms with Crippen LogP contribution in [0.4, 0.5) is 0 Å². The first-order valence-electron chi connectivity index (χ1n) is 7.80. The number of phenolic OH excluding ortho intramolecular Hbond substituents is 1. The molecule has 0 aromatic heterocycles. The average molecular weight is 304 g/mol. The maximum atomic E-state index is 12.6. The van der Waals surface area contributed by atoms with Gasteiger partial charge in [0, 0.05) is 25.7 Å². The summed E-state index contributed by atoms with van der Waals surface area (Å²) in [6.07, 6.45) is 1.76. The third-order valence-electron chi connectivity index (χ3n) is 4.76. The van der Waals surface area contributed by atoms with Gasteiger partial charge in [0.05, 0.1) is 0 Å². The number of phenols is 1. The summed E-state index contributed by atoms with van der Waals surface area (Å²) < 4.78 is 0. The van der Waals surface area contributed by atoms with Crippen LogP contribution in [-0.4, -0.2) is 60.1 Å². The summed E-state index contributed by atoms with van der Waals surface area (Å²) in [5.74, 6) is 0.404. The molecule has 0 radical (unpaired) electrons. The van der Waals surface area contributed by atoms with Gasteiger partial charge < -0.3 is 14.9 Å². The summed E-state index contributed by atoms with van der Waals surface area (Å²) in [6.45, 7) is 2.00. The van der Waals surface area contributed by atoms with Crippen LogP contribution in [0.25, 0.3) is 0 Å². The lowest BCUT2D eigenvalue weighted by atomic mass is 10.0. The molecule has 2 aliphatic heterocycles. The first-order valence-corrected chi connectivity index (χ1v) is 7.80. The van der Waals surface area contributed by atoms with Gasteiger partial charge in [-0.2, -0.15) is 0 Å². The summed E-state index contributed by atoms with van der Waals surface area (Å²) >= 11 is 0. The minimum absolute atomic E-state index is 0.0919. The lowest BCUT2D eigenvalue weighted by molar-refractivity contribution is -0.133. The molecule has 6 nitrogen and oxygen atoms in total. The second-order valence-electron chi connectivity index (χ2n) is 6.37. The molecule has 0 spiro atoms. The fourth-order valence-corrected chi connectivity index (χ4v) is 3.30. The van der Waals surface area contributed by atoms with E-state index in [0.717, 1.165) is 31.5 Å². The summed E-state index contributed by atoms with van der Waals surface area (Å²) in [4.78, 5) is 16.8. The Morgan fingerprint density at radius 2 is 2.05 bits per heavy atom. The number of rotatable bonds is 3. The standard InChI is InChI=1S/C16H24N4O2/c1-19-8-7-12(10-19)20(2)16(22)15-9-14(17-18-15)11-3-5-13(21)6-4-11/h3-6,12,14-15,17-18,21H,7-10H2,1-2H3. The van der Waals surface area contributed by atoms with Crippen molar-refractivity contribution in [1.82, 2.24) is 20.7 Å². The van der Waals surface area contributed by atoms with Crippen LogP contribution in [0.3, 0.4) is 0 Å². The molecule has 1 aromatic carbocycles. The Kier molecular flexibility index (Phi) is 4.33. The molecule has 6 heteroatoms. The number of carbonyl (C=O) groups is 1. The van der Waals surface area contributed by atoms with Gasteiger partial charge in [-0.1, -0.05) is 12.1 Å². The Morgan fingerprint density at radius 3 is 2.68 bits per heavy atom. The topological polar surface area (TPSA) is 67.8 Å². The van der Waals surface area contributed by atoms with Crippen molar-refractivity contribution in [3.8, 4) is 5.75 Å². The van der Waals surface area contributed by atoms with Gasteiger partial charge in [0.2, 0.25) is 5.91 Å². The quantitative estimate of drug-likeness (QED) is 0.757. The smallest absolute Gasteiger partial charge is 0.241 e. The SMILES string of the molecule is CN1CCC(N(C)C(=O)C2CC(c3ccc(O)cc3)NN2)C1. The van der Waals surface area contributed by atoms with Crippen molar-refractivity contribution in [3.63, 3.8) is 0 Å². The summed E-state index contributed by atoms with van der Waals surface area (Å²) in [7, 11) is 4.00. The van der Waals surface area contributed by atoms with Crippen LogP contribution in [0.5, 0.6) is 5.75 Å². The molecule has 0 aliphatic carbocycles. The van der Waals surface area contributed by atoms with Gasteiger partial charge in [0.25, 0.3) is 0 Å². The van der Waals surface area contributed by atoms with Crippen LogP contribution < -0.4 is 10.9 Å². The van der Waals surface area contributed by atoms with Gasteiger partial charge in [0.15, 0.2) is 0 Å². The lowest BCUT2D eigenvalue weighted by Gasteiger charge is -2.27. The van der Waals surface area contributed by atoms with E-state index in [-0.39, 0.29) is 23.7 Å². The molecule has 2 heterocycles. The maximum Gasteiger partial charge on any atom is 0.241 e. The first kappa shape index (κ1) is 15.3. The van der Waals surface area contributed by atoms with Gasteiger partial charge in [0.1, 0.15) is 11.8 Å². The van der Waals surface area contributed by atoms with Crippen LogP contribution >= 0.6 is 0 Å². The normalized spacial score (nSPS) is 28.9. The lowest BCUT2D eigenvalue weighted by Crippen LogP contribution is -2.48. The predicted molar refractivity (Wildman–Crippen MR) is 84.2 cm³/mol. The van der Waals surface area contributed by atoms with E-state index in [1.165, 1.54) is 0 Å². The zero-order valence-electron chi connectivity index (χ0n) is 13.1. The van der Waals surface area contributed by atoms with E-state index in [0.29, 0.717) is 6.04 Å². The summed E-state index contributed by atoms with van der Waals surface area (Å²) in [5.41, 5.74) is 7.38. The van der Waals surface area contributed by atoms with Gasteiger partial charge in [-0.3, -0.25) is 4.79 Å². The molecule has 1 aromatic rings. The second kappa shape index (κ2) is 6.24. The number of amides is 1. The number of hydrogen-bond acceptors (Lipinski definition) is 5. The van der Waals surface area contributed by atoms with Crippen molar-refractivity contribution in [2.45, 2.75) is 31.0 Å². The highest BCUT2D eigenvalue weighted by atomic mass is 16.3. The second-order valence-corrected chi connectivity index (χ2v) is 6.37. The molecule has 22 heavy (non-hydrogen) atoms. The van der Waals surface area contributed by atoms with E-state index in [9.17, 15) is 9.90 Å². The van der Waals surface area contributed by atoms with Crippen molar-refractivity contribution in [1.29, 1.82) is 0 Å². The van der Waals surface area contributed by atoms with E-state index < -0.39 is 0 Å². The summed E-state index contributed by atoms with van der Waals surface area (Å²) in [6, 6.07) is 7.32. The molecular weight excluding hydrogens is 280 g/mol. The van der Waals surface area contributed by atoms with Crippen molar-refractivity contribution < 1.29 is 9.90 Å². The highest BCUT2D eigenvalue weighted by Gasteiger charge is 2.35. The van der Waals surface area contributed by atoms with E-state index in [2.05, 4.69) is 22.8 Å². The van der Waals surface area contributed by atoms with Crippen LogP contribution in [0.15, 0.2) is 24.3 Å². The Morgan fingerprint density at radius 1 is 1.32 bits per heavy atom. The van der Waals surface area contributed by atoms with Gasteiger partial charge >= 0.3 is 0 Å². The van der Waals surface area contributed by atoms with Crippen LogP contribution in [0.2, 0.25) is 0 Å². The molecule has 0 saturated carbocycles. The Balaban J connectivity index is 1.59. The van der Waals surface area contributed by atoms with E-state index >= 15 is 0 Å². The fraction of sp³-hybridized carbons (Fsp3) is 0.562. The Hall–Kier alpha value is -1.63. The zero-order valence-corrected chi connectivity index (χ0v) is 13.1. The van der Waals surface area contributed by atoms with Gasteiger partial charge in [-0.05, 0) is 44.1 Å². The number of likely N-dealkylation sites (N-methyl/N-ethyl adjacent to an activating group) is 2. The van der Waals surface area contributed by atoms with Crippen molar-refractivity contribution in [2.24, 2.45) is 0 Å². The monoisotopic (exact) mass is 304 g/mol. The predicted octanol–water partition coefficient (Wildman–Crippen LogP) is 0.462. The van der Waals surface area contributed by atoms with Crippen LogP contribution in [0.1, 0.15) is 24.4 Å². The number of hydrazine groups is 1. The van der Waals surface area contributed by atoms with E-state index in [1.807, 2.05) is 24.1 Å². The Bertz CT molecular complexity index is 533. The van der Waals surface area contributed by atoms with Gasteiger partial charge in [-0.15, -0.1) is 0 Å². The number of nitrogens with zero attached hydrogens (tertiary/aromatic N) is 2. The minimum atomic E-state index is -0.199. The highest BCUT2D eigenvalue weighted by molar-refractivity contribution is 5.82. The average Bonchev–Trinajstić information content (AvgIpc) is 3.15. The van der Waals surface area contributed by atoms with E-state index in [4.69, 9.17) is 0 Å². The van der Waals surface area contributed by atoms with Crippen LogP contribution in [-0.2, 0) is 4.79 Å². The minimum Gasteiger partial charge on any atom is -0.508 e. The number of likely N-dealkylation sites (tertiary alicyclic amines) is 1. The first-order chi connectivity index (χ1) is 10.5. The largest absolute Gasteiger partial charge is 0.508 e. The van der Waals surface area contributed by atoms with E-state index in [1.54, 1.807) is 12.1 Å². The Labute approximate surface area is 131 Å². The molecule has 2 aliphatic rings. The number of benzene rings is 1. The maximum absolute atomic E-state index is 12.6. The molecular formula is C16H24N4O2. The molecule has 3 atom stereocenters. The molecule has 3 rings (SSSR count). The van der Waals surface area contributed by atoms with Crippen molar-refractivity contribution >= 4 is 5.91 Å².